The molecule has 4 heteroatoms. The Morgan fingerprint density at radius 2 is 1.90 bits per heavy atom. The van der Waals surface area contributed by atoms with Crippen LogP contribution in [0, 0.1) is 0 Å². The van der Waals surface area contributed by atoms with Crippen molar-refractivity contribution in [3.05, 3.63) is 35.2 Å². The van der Waals surface area contributed by atoms with Crippen molar-refractivity contribution < 1.29 is 4.74 Å². The Labute approximate surface area is 118 Å². The van der Waals surface area contributed by atoms with Gasteiger partial charge in [0.1, 0.15) is 5.82 Å². The zero-order chi connectivity index (χ0) is 13.4. The maximum absolute atomic E-state index is 5.46. The highest BCUT2D eigenvalue weighted by atomic mass is 16.5. The molecule has 1 aliphatic heterocycles. The first-order chi connectivity index (χ1) is 9.90. The first-order valence-corrected chi connectivity index (χ1v) is 7.52. The van der Waals surface area contributed by atoms with Gasteiger partial charge in [0.05, 0.1) is 13.2 Å². The highest BCUT2D eigenvalue weighted by molar-refractivity contribution is 5.57. The molecule has 4 nitrogen and oxygen atoms in total. The fourth-order valence-electron chi connectivity index (χ4n) is 3.27. The molecule has 0 saturated heterocycles. The summed E-state index contributed by atoms with van der Waals surface area (Å²) in [6, 6.07) is 6.39. The third-order valence-electron chi connectivity index (χ3n) is 4.47. The van der Waals surface area contributed by atoms with Gasteiger partial charge in [-0.05, 0) is 30.0 Å². The molecule has 0 bridgehead atoms. The van der Waals surface area contributed by atoms with Crippen LogP contribution in [0.15, 0.2) is 18.2 Å². The average Bonchev–Trinajstić information content (AvgIpc) is 3.16. The summed E-state index contributed by atoms with van der Waals surface area (Å²) < 4.78 is 5.46. The number of nitrogens with zero attached hydrogens (tertiary/aromatic N) is 2. The molecule has 2 aliphatic rings. The lowest BCUT2D eigenvalue weighted by atomic mass is 9.89. The zero-order valence-corrected chi connectivity index (χ0v) is 11.6. The fraction of sp³-hybridized carbons (Fsp3) is 0.500. The molecular formula is C16H19N3O. The minimum absolute atomic E-state index is 0.572. The van der Waals surface area contributed by atoms with E-state index in [-0.39, 0.29) is 0 Å². The van der Waals surface area contributed by atoms with Gasteiger partial charge < -0.3 is 4.74 Å². The molecular weight excluding hydrogens is 250 g/mol. The lowest BCUT2D eigenvalue weighted by molar-refractivity contribution is 0.134. The van der Waals surface area contributed by atoms with Crippen LogP contribution in [0.3, 0.4) is 0 Å². The number of benzene rings is 1. The summed E-state index contributed by atoms with van der Waals surface area (Å²) in [7, 11) is 0. The molecule has 104 valence electrons. The van der Waals surface area contributed by atoms with Crippen molar-refractivity contribution in [1.29, 1.82) is 0 Å². The molecule has 0 atom stereocenters. The standard InChI is InChI=1S/C16H19N3O/c1-2-4-11(5-3-1)15-17-16(19-18-15)12-6-7-13-9-20-10-14(13)8-12/h6-8,11H,1-5,9-10H2,(H,17,18,19). The van der Waals surface area contributed by atoms with Crippen molar-refractivity contribution in [2.24, 2.45) is 0 Å². The number of hydrogen-bond donors (Lipinski definition) is 1. The Kier molecular flexibility index (Phi) is 3.03. The number of hydrogen-bond acceptors (Lipinski definition) is 3. The maximum Gasteiger partial charge on any atom is 0.181 e. The van der Waals surface area contributed by atoms with Gasteiger partial charge in [-0.2, -0.15) is 5.10 Å². The van der Waals surface area contributed by atoms with Crippen LogP contribution in [-0.2, 0) is 18.0 Å². The maximum atomic E-state index is 5.46. The van der Waals surface area contributed by atoms with Crippen molar-refractivity contribution in [2.45, 2.75) is 51.2 Å². The van der Waals surface area contributed by atoms with Crippen molar-refractivity contribution in [3.8, 4) is 11.4 Å². The average molecular weight is 269 g/mol. The predicted molar refractivity (Wildman–Crippen MR) is 76.1 cm³/mol. The lowest BCUT2D eigenvalue weighted by Crippen LogP contribution is -2.06. The Morgan fingerprint density at radius 3 is 2.80 bits per heavy atom. The van der Waals surface area contributed by atoms with Gasteiger partial charge in [0, 0.05) is 11.5 Å². The van der Waals surface area contributed by atoms with E-state index in [9.17, 15) is 0 Å². The van der Waals surface area contributed by atoms with E-state index >= 15 is 0 Å². The second-order valence-electron chi connectivity index (χ2n) is 5.86. The summed E-state index contributed by atoms with van der Waals surface area (Å²) in [5, 5.41) is 7.56. The molecule has 1 aromatic heterocycles. The molecule has 1 aliphatic carbocycles. The SMILES string of the molecule is c1cc2c(cc1-c1n[nH]c(C3CCCCC3)n1)COC2. The number of fused-ring (bicyclic) bond motifs is 1. The molecule has 1 N–H and O–H groups in total. The van der Waals surface area contributed by atoms with Crippen LogP contribution in [0.1, 0.15) is 55.0 Å². The van der Waals surface area contributed by atoms with Gasteiger partial charge in [0.25, 0.3) is 0 Å². The fourth-order valence-corrected chi connectivity index (χ4v) is 3.27. The predicted octanol–water partition coefficient (Wildman–Crippen LogP) is 3.55. The molecule has 4 rings (SSSR count). The molecule has 0 spiro atoms. The number of H-pyrrole nitrogens is 1. The summed E-state index contributed by atoms with van der Waals surface area (Å²) >= 11 is 0. The molecule has 1 aromatic carbocycles. The largest absolute Gasteiger partial charge is 0.372 e. The number of aromatic amines is 1. The van der Waals surface area contributed by atoms with Gasteiger partial charge >= 0.3 is 0 Å². The van der Waals surface area contributed by atoms with E-state index in [2.05, 4.69) is 28.4 Å². The Hall–Kier alpha value is -1.68. The zero-order valence-electron chi connectivity index (χ0n) is 11.6. The monoisotopic (exact) mass is 269 g/mol. The molecule has 20 heavy (non-hydrogen) atoms. The molecule has 0 radical (unpaired) electrons. The minimum atomic E-state index is 0.572. The van der Waals surface area contributed by atoms with Crippen molar-refractivity contribution in [3.63, 3.8) is 0 Å². The summed E-state index contributed by atoms with van der Waals surface area (Å²) in [5.41, 5.74) is 3.65. The van der Waals surface area contributed by atoms with Crippen LogP contribution in [0.4, 0.5) is 0 Å². The quantitative estimate of drug-likeness (QED) is 0.907. The van der Waals surface area contributed by atoms with Gasteiger partial charge in [0.2, 0.25) is 0 Å². The number of aromatic nitrogens is 3. The van der Waals surface area contributed by atoms with Gasteiger partial charge in [-0.1, -0.05) is 31.4 Å². The van der Waals surface area contributed by atoms with Crippen LogP contribution >= 0.6 is 0 Å². The van der Waals surface area contributed by atoms with E-state index in [1.54, 1.807) is 0 Å². The molecule has 1 fully saturated rings. The number of ether oxygens (including phenoxy) is 1. The molecule has 0 amide bonds. The Morgan fingerprint density at radius 1 is 1.05 bits per heavy atom. The second kappa shape index (κ2) is 5.02. The number of nitrogens with one attached hydrogen (secondary N) is 1. The summed E-state index contributed by atoms with van der Waals surface area (Å²) in [6.45, 7) is 1.44. The van der Waals surface area contributed by atoms with E-state index in [4.69, 9.17) is 9.72 Å². The summed E-state index contributed by atoms with van der Waals surface area (Å²) in [5.74, 6) is 2.46. The van der Waals surface area contributed by atoms with E-state index in [1.807, 2.05) is 0 Å². The first kappa shape index (κ1) is 12.1. The molecule has 0 unspecified atom stereocenters. The van der Waals surface area contributed by atoms with Crippen molar-refractivity contribution >= 4 is 0 Å². The number of rotatable bonds is 2. The van der Waals surface area contributed by atoms with Gasteiger partial charge in [-0.15, -0.1) is 0 Å². The second-order valence-corrected chi connectivity index (χ2v) is 5.86. The van der Waals surface area contributed by atoms with Crippen molar-refractivity contribution in [1.82, 2.24) is 15.2 Å². The van der Waals surface area contributed by atoms with E-state index in [1.165, 1.54) is 43.2 Å². The lowest BCUT2D eigenvalue weighted by Gasteiger charge is -2.18. The Balaban J connectivity index is 1.61. The third kappa shape index (κ3) is 2.14. The normalized spacial score (nSPS) is 19.2. The van der Waals surface area contributed by atoms with Crippen LogP contribution in [0.25, 0.3) is 11.4 Å². The van der Waals surface area contributed by atoms with E-state index in [0.29, 0.717) is 12.5 Å². The first-order valence-electron chi connectivity index (χ1n) is 7.52. The molecule has 2 heterocycles. The Bertz CT molecular complexity index is 614. The van der Waals surface area contributed by atoms with Crippen LogP contribution in [0.5, 0.6) is 0 Å². The third-order valence-corrected chi connectivity index (χ3v) is 4.47. The van der Waals surface area contributed by atoms with Crippen molar-refractivity contribution in [2.75, 3.05) is 0 Å². The van der Waals surface area contributed by atoms with Gasteiger partial charge in [-0.25, -0.2) is 4.98 Å². The smallest absolute Gasteiger partial charge is 0.181 e. The molecule has 2 aromatic rings. The van der Waals surface area contributed by atoms with Crippen LogP contribution in [-0.4, -0.2) is 15.2 Å². The topological polar surface area (TPSA) is 50.8 Å². The van der Waals surface area contributed by atoms with E-state index < -0.39 is 0 Å². The van der Waals surface area contributed by atoms with E-state index in [0.717, 1.165) is 23.8 Å². The summed E-state index contributed by atoms with van der Waals surface area (Å²) in [4.78, 5) is 4.72. The minimum Gasteiger partial charge on any atom is -0.372 e. The highest BCUT2D eigenvalue weighted by Gasteiger charge is 2.20. The molecule has 1 saturated carbocycles. The van der Waals surface area contributed by atoms with Gasteiger partial charge in [0.15, 0.2) is 5.82 Å². The van der Waals surface area contributed by atoms with Crippen LogP contribution < -0.4 is 0 Å². The summed E-state index contributed by atoms with van der Waals surface area (Å²) in [6.07, 6.45) is 6.48. The van der Waals surface area contributed by atoms with Crippen LogP contribution in [0.2, 0.25) is 0 Å². The highest BCUT2D eigenvalue weighted by Crippen LogP contribution is 2.32. The van der Waals surface area contributed by atoms with Gasteiger partial charge in [-0.3, -0.25) is 5.10 Å².